The molecule has 2 N–H and O–H groups in total. The Hall–Kier alpha value is 0.270. The molecule has 0 bridgehead atoms. The minimum atomic E-state index is -0.230. The fourth-order valence-electron chi connectivity index (χ4n) is 0.992. The summed E-state index contributed by atoms with van der Waals surface area (Å²) in [6, 6.07) is 0.461. The Morgan fingerprint density at radius 1 is 1.20 bits per heavy atom. The zero-order valence-electron chi connectivity index (χ0n) is 11.0. The highest BCUT2D eigenvalue weighted by Gasteiger charge is 2.14. The molecular weight excluding hydrogens is 206 g/mol. The topological polar surface area (TPSA) is 32.3 Å². The zero-order chi connectivity index (χ0) is 12.1. The van der Waals surface area contributed by atoms with Crippen LogP contribution in [0.2, 0.25) is 0 Å². The molecule has 0 aliphatic heterocycles. The van der Waals surface area contributed by atoms with Gasteiger partial charge in [0, 0.05) is 23.1 Å². The Labute approximate surface area is 99.2 Å². The average molecular weight is 233 g/mol. The van der Waals surface area contributed by atoms with E-state index >= 15 is 0 Å². The SMILES string of the molecule is CC(CSC(C)(C)C)NCC(O)C(C)C. The van der Waals surface area contributed by atoms with Crippen molar-refractivity contribution in [3.8, 4) is 0 Å². The van der Waals surface area contributed by atoms with Crippen molar-refractivity contribution in [2.24, 2.45) is 5.92 Å². The van der Waals surface area contributed by atoms with Gasteiger partial charge < -0.3 is 10.4 Å². The standard InChI is InChI=1S/C12H27NOS/c1-9(2)11(14)7-13-10(3)8-15-12(4,5)6/h9-11,13-14H,7-8H2,1-6H3. The van der Waals surface area contributed by atoms with Crippen LogP contribution in [-0.4, -0.2) is 34.3 Å². The summed E-state index contributed by atoms with van der Waals surface area (Å²) in [7, 11) is 0. The first-order valence-corrected chi connectivity index (χ1v) is 6.76. The maximum absolute atomic E-state index is 9.63. The Balaban J connectivity index is 3.62. The number of aliphatic hydroxyl groups excluding tert-OH is 1. The highest BCUT2D eigenvalue weighted by Crippen LogP contribution is 2.23. The van der Waals surface area contributed by atoms with Gasteiger partial charge in [0.1, 0.15) is 0 Å². The first kappa shape index (κ1) is 15.3. The van der Waals surface area contributed by atoms with Gasteiger partial charge in [-0.2, -0.15) is 11.8 Å². The Bertz CT molecular complexity index is 165. The van der Waals surface area contributed by atoms with Gasteiger partial charge in [-0.15, -0.1) is 0 Å². The van der Waals surface area contributed by atoms with E-state index < -0.39 is 0 Å². The van der Waals surface area contributed by atoms with E-state index in [2.05, 4.69) is 33.0 Å². The summed E-state index contributed by atoms with van der Waals surface area (Å²) in [6.45, 7) is 13.6. The van der Waals surface area contributed by atoms with Crippen LogP contribution in [0.15, 0.2) is 0 Å². The van der Waals surface area contributed by atoms with Crippen molar-refractivity contribution >= 4 is 11.8 Å². The fourth-order valence-corrected chi connectivity index (χ4v) is 1.86. The van der Waals surface area contributed by atoms with Crippen molar-refractivity contribution < 1.29 is 5.11 Å². The summed E-state index contributed by atoms with van der Waals surface area (Å²) in [5, 5.41) is 13.0. The van der Waals surface area contributed by atoms with Crippen LogP contribution in [0.4, 0.5) is 0 Å². The van der Waals surface area contributed by atoms with Gasteiger partial charge in [-0.1, -0.05) is 34.6 Å². The van der Waals surface area contributed by atoms with E-state index in [9.17, 15) is 5.11 Å². The molecule has 0 radical (unpaired) electrons. The average Bonchev–Trinajstić information content (AvgIpc) is 2.09. The lowest BCUT2D eigenvalue weighted by molar-refractivity contribution is 0.121. The summed E-state index contributed by atoms with van der Waals surface area (Å²) in [6.07, 6.45) is -0.230. The van der Waals surface area contributed by atoms with Crippen molar-refractivity contribution in [3.63, 3.8) is 0 Å². The van der Waals surface area contributed by atoms with Crippen LogP contribution in [0.5, 0.6) is 0 Å². The lowest BCUT2D eigenvalue weighted by Crippen LogP contribution is -2.37. The van der Waals surface area contributed by atoms with Gasteiger partial charge in [0.05, 0.1) is 6.10 Å². The van der Waals surface area contributed by atoms with Crippen LogP contribution in [0, 0.1) is 5.92 Å². The molecule has 0 aliphatic carbocycles. The third kappa shape index (κ3) is 9.21. The second kappa shape index (κ2) is 6.77. The van der Waals surface area contributed by atoms with Crippen LogP contribution in [0.1, 0.15) is 41.5 Å². The summed E-state index contributed by atoms with van der Waals surface area (Å²) in [5.41, 5.74) is 0. The quantitative estimate of drug-likeness (QED) is 0.739. The van der Waals surface area contributed by atoms with E-state index in [1.165, 1.54) is 0 Å². The van der Waals surface area contributed by atoms with Gasteiger partial charge in [0.2, 0.25) is 0 Å². The highest BCUT2D eigenvalue weighted by atomic mass is 32.2. The van der Waals surface area contributed by atoms with Gasteiger partial charge >= 0.3 is 0 Å². The largest absolute Gasteiger partial charge is 0.392 e. The number of nitrogens with one attached hydrogen (secondary N) is 1. The van der Waals surface area contributed by atoms with E-state index in [4.69, 9.17) is 0 Å². The van der Waals surface area contributed by atoms with E-state index in [0.29, 0.717) is 23.3 Å². The smallest absolute Gasteiger partial charge is 0.0687 e. The van der Waals surface area contributed by atoms with Crippen molar-refractivity contribution in [1.29, 1.82) is 0 Å². The van der Waals surface area contributed by atoms with Crippen LogP contribution < -0.4 is 5.32 Å². The van der Waals surface area contributed by atoms with Crippen LogP contribution in [0.3, 0.4) is 0 Å². The molecule has 3 heteroatoms. The Morgan fingerprint density at radius 3 is 2.13 bits per heavy atom. The van der Waals surface area contributed by atoms with Crippen LogP contribution in [-0.2, 0) is 0 Å². The van der Waals surface area contributed by atoms with Crippen molar-refractivity contribution in [3.05, 3.63) is 0 Å². The number of thioether (sulfide) groups is 1. The maximum atomic E-state index is 9.63. The molecule has 15 heavy (non-hydrogen) atoms. The molecule has 0 heterocycles. The molecule has 2 nitrogen and oxygen atoms in total. The molecule has 0 amide bonds. The second-order valence-electron chi connectivity index (χ2n) is 5.54. The fraction of sp³-hybridized carbons (Fsp3) is 1.00. The molecule has 0 saturated heterocycles. The monoisotopic (exact) mass is 233 g/mol. The van der Waals surface area contributed by atoms with Gasteiger partial charge in [0.25, 0.3) is 0 Å². The lowest BCUT2D eigenvalue weighted by Gasteiger charge is -2.23. The van der Waals surface area contributed by atoms with Crippen LogP contribution >= 0.6 is 11.8 Å². The third-order valence-corrected chi connectivity index (χ3v) is 3.74. The molecule has 0 aromatic carbocycles. The molecule has 0 rings (SSSR count). The highest BCUT2D eigenvalue weighted by molar-refractivity contribution is 8.00. The first-order valence-electron chi connectivity index (χ1n) is 5.78. The molecule has 2 unspecified atom stereocenters. The van der Waals surface area contributed by atoms with Crippen molar-refractivity contribution in [2.45, 2.75) is 58.4 Å². The number of rotatable bonds is 6. The second-order valence-corrected chi connectivity index (χ2v) is 7.39. The molecule has 0 fully saturated rings. The van der Waals surface area contributed by atoms with Crippen molar-refractivity contribution in [2.75, 3.05) is 12.3 Å². The minimum Gasteiger partial charge on any atom is -0.392 e. The van der Waals surface area contributed by atoms with E-state index in [0.717, 1.165) is 5.75 Å². The third-order valence-electron chi connectivity index (χ3n) is 2.21. The predicted octanol–water partition coefficient (Wildman–Crippen LogP) is 2.51. The molecule has 0 spiro atoms. The van der Waals surface area contributed by atoms with Gasteiger partial charge in [-0.25, -0.2) is 0 Å². The Kier molecular flexibility index (Phi) is 6.89. The molecular formula is C12H27NOS. The zero-order valence-corrected chi connectivity index (χ0v) is 11.8. The normalized spacial score (nSPS) is 16.8. The Morgan fingerprint density at radius 2 is 1.73 bits per heavy atom. The van der Waals surface area contributed by atoms with E-state index in [-0.39, 0.29) is 6.10 Å². The summed E-state index contributed by atoms with van der Waals surface area (Å²) < 4.78 is 0.326. The summed E-state index contributed by atoms with van der Waals surface area (Å²) >= 11 is 1.96. The first-order chi connectivity index (χ1) is 6.72. The maximum Gasteiger partial charge on any atom is 0.0687 e. The van der Waals surface area contributed by atoms with E-state index in [1.807, 2.05) is 25.6 Å². The number of aliphatic hydroxyl groups is 1. The molecule has 0 aromatic heterocycles. The molecule has 92 valence electrons. The summed E-state index contributed by atoms with van der Waals surface area (Å²) in [5.74, 6) is 1.42. The molecule has 0 saturated carbocycles. The number of hydrogen-bond acceptors (Lipinski definition) is 3. The lowest BCUT2D eigenvalue weighted by atomic mass is 10.1. The van der Waals surface area contributed by atoms with Crippen molar-refractivity contribution in [1.82, 2.24) is 5.32 Å². The molecule has 0 aromatic rings. The van der Waals surface area contributed by atoms with Gasteiger partial charge in [-0.05, 0) is 12.8 Å². The molecule has 0 aliphatic rings. The van der Waals surface area contributed by atoms with Gasteiger partial charge in [0.15, 0.2) is 0 Å². The van der Waals surface area contributed by atoms with Crippen LogP contribution in [0.25, 0.3) is 0 Å². The van der Waals surface area contributed by atoms with Gasteiger partial charge in [-0.3, -0.25) is 0 Å². The molecule has 2 atom stereocenters. The summed E-state index contributed by atoms with van der Waals surface area (Å²) in [4.78, 5) is 0. The van der Waals surface area contributed by atoms with E-state index in [1.54, 1.807) is 0 Å². The predicted molar refractivity (Wildman–Crippen MR) is 70.5 cm³/mol. The minimum absolute atomic E-state index is 0.230. The number of hydrogen-bond donors (Lipinski definition) is 2.